The van der Waals surface area contributed by atoms with E-state index in [1.807, 2.05) is 0 Å². The minimum Gasteiger partial charge on any atom is -0.465 e. The van der Waals surface area contributed by atoms with Crippen molar-refractivity contribution in [2.24, 2.45) is 4.99 Å². The number of carbonyl (C=O) groups is 1. The topological polar surface area (TPSA) is 91.6 Å². The molecule has 2 aliphatic rings. The molecule has 0 radical (unpaired) electrons. The lowest BCUT2D eigenvalue weighted by molar-refractivity contribution is -0.319. The number of rotatable bonds is 5. The third-order valence-corrected chi connectivity index (χ3v) is 6.33. The Labute approximate surface area is 180 Å². The van der Waals surface area contributed by atoms with E-state index < -0.39 is 47.7 Å². The molecule has 172 valence electrons. The molecule has 0 aromatic heterocycles. The van der Waals surface area contributed by atoms with Gasteiger partial charge in [-0.3, -0.25) is 9.89 Å². The number of hydrogen-bond acceptors (Lipinski definition) is 6. The average Bonchev–Trinajstić information content (AvgIpc) is 3.11. The van der Waals surface area contributed by atoms with Gasteiger partial charge in [0.1, 0.15) is 23.7 Å². The number of halogens is 4. The first-order valence-corrected chi connectivity index (χ1v) is 10.3. The lowest BCUT2D eigenvalue weighted by Crippen LogP contribution is -2.65. The molecule has 3 rings (SSSR count). The van der Waals surface area contributed by atoms with E-state index in [1.165, 1.54) is 6.92 Å². The van der Waals surface area contributed by atoms with Crippen molar-refractivity contribution < 1.29 is 42.0 Å². The second kappa shape index (κ2) is 8.93. The van der Waals surface area contributed by atoms with Gasteiger partial charge in [-0.25, -0.2) is 9.18 Å². The van der Waals surface area contributed by atoms with Crippen LogP contribution in [-0.2, 0) is 16.1 Å². The Hall–Kier alpha value is -1.89. The summed E-state index contributed by atoms with van der Waals surface area (Å²) in [6.45, 7) is 1.84. The number of thioether (sulfide) groups is 1. The van der Waals surface area contributed by atoms with Gasteiger partial charge in [0.25, 0.3) is 0 Å². The summed E-state index contributed by atoms with van der Waals surface area (Å²) in [6, 6.07) is 7.15. The van der Waals surface area contributed by atoms with Crippen LogP contribution in [0, 0.1) is 0 Å². The Bertz CT molecular complexity index is 823. The number of fused-ring (bicyclic) bond motifs is 1. The van der Waals surface area contributed by atoms with Crippen molar-refractivity contribution in [3.63, 3.8) is 0 Å². The van der Waals surface area contributed by atoms with Gasteiger partial charge in [-0.2, -0.15) is 13.2 Å². The van der Waals surface area contributed by atoms with Gasteiger partial charge < -0.3 is 19.7 Å². The third kappa shape index (κ3) is 4.66. The summed E-state index contributed by atoms with van der Waals surface area (Å²) in [6.07, 6.45) is -12.4. The summed E-state index contributed by atoms with van der Waals surface area (Å²) in [4.78, 5) is 16.3. The van der Waals surface area contributed by atoms with Crippen LogP contribution in [0.1, 0.15) is 19.4 Å². The van der Waals surface area contributed by atoms with E-state index in [2.05, 4.69) is 4.99 Å². The van der Waals surface area contributed by atoms with Crippen molar-refractivity contribution in [3.05, 3.63) is 35.9 Å². The summed E-state index contributed by atoms with van der Waals surface area (Å²) < 4.78 is 67.1. The molecule has 1 aromatic carbocycles. The first kappa shape index (κ1) is 23.8. The minimum absolute atomic E-state index is 0.00912. The number of carboxylic acid groups (broad SMARTS) is 1. The maximum absolute atomic E-state index is 15.4. The molecule has 31 heavy (non-hydrogen) atoms. The Balaban J connectivity index is 1.90. The summed E-state index contributed by atoms with van der Waals surface area (Å²) >= 11 is 0.705. The zero-order valence-corrected chi connectivity index (χ0v) is 17.4. The van der Waals surface area contributed by atoms with Crippen LogP contribution in [-0.4, -0.2) is 74.6 Å². The largest absolute Gasteiger partial charge is 0.465 e. The second-order valence-electron chi connectivity index (χ2n) is 7.32. The highest BCUT2D eigenvalue weighted by atomic mass is 32.2. The second-order valence-corrected chi connectivity index (χ2v) is 8.39. The lowest BCUT2D eigenvalue weighted by Gasteiger charge is -2.45. The number of amidine groups is 1. The van der Waals surface area contributed by atoms with Crippen molar-refractivity contribution in [2.45, 2.75) is 62.1 Å². The molecule has 2 N–H and O–H groups in total. The molecular formula is C19H22F4N2O5S. The van der Waals surface area contributed by atoms with Crippen LogP contribution in [0.15, 0.2) is 35.3 Å². The van der Waals surface area contributed by atoms with Gasteiger partial charge in [-0.1, -0.05) is 42.1 Å². The molecule has 1 amide bonds. The first-order chi connectivity index (χ1) is 14.5. The lowest BCUT2D eigenvalue weighted by atomic mass is 9.87. The summed E-state index contributed by atoms with van der Waals surface area (Å²) in [5.41, 5.74) is -4.06. The van der Waals surface area contributed by atoms with Gasteiger partial charge in [0.15, 0.2) is 16.9 Å². The minimum atomic E-state index is -5.12. The van der Waals surface area contributed by atoms with Crippen LogP contribution < -0.4 is 0 Å². The van der Waals surface area contributed by atoms with Crippen LogP contribution in [0.5, 0.6) is 0 Å². The highest BCUT2D eigenvalue weighted by Gasteiger charge is 2.64. The van der Waals surface area contributed by atoms with Crippen molar-refractivity contribution >= 4 is 23.0 Å². The fourth-order valence-electron chi connectivity index (χ4n) is 3.35. The predicted molar refractivity (Wildman–Crippen MR) is 104 cm³/mol. The Kier molecular flexibility index (Phi) is 6.84. The maximum Gasteiger partial charge on any atom is 0.419 e. The van der Waals surface area contributed by atoms with Crippen LogP contribution >= 0.6 is 11.8 Å². The molecule has 0 aliphatic carbocycles. The van der Waals surface area contributed by atoms with Gasteiger partial charge >= 0.3 is 12.3 Å². The van der Waals surface area contributed by atoms with Crippen LogP contribution in [0.4, 0.5) is 22.4 Å². The Morgan fingerprint density at radius 1 is 1.32 bits per heavy atom. The van der Waals surface area contributed by atoms with Gasteiger partial charge in [0.05, 0.1) is 6.61 Å². The summed E-state index contributed by atoms with van der Waals surface area (Å²) in [5, 5.41) is 19.4. The highest BCUT2D eigenvalue weighted by molar-refractivity contribution is 8.14. The van der Waals surface area contributed by atoms with Crippen LogP contribution in [0.3, 0.4) is 0 Å². The number of aliphatic imine (C=N–C) groups is 1. The average molecular weight is 466 g/mol. The smallest absolute Gasteiger partial charge is 0.419 e. The molecule has 0 spiro atoms. The van der Waals surface area contributed by atoms with Crippen molar-refractivity contribution in [1.82, 2.24) is 4.90 Å². The number of hydrogen-bond donors (Lipinski definition) is 2. The van der Waals surface area contributed by atoms with Crippen LogP contribution in [0.2, 0.25) is 0 Å². The number of benzene rings is 1. The van der Waals surface area contributed by atoms with E-state index in [0.29, 0.717) is 24.2 Å². The molecule has 0 saturated carbocycles. The monoisotopic (exact) mass is 466 g/mol. The number of nitrogens with zero attached hydrogens (tertiary/aromatic N) is 2. The quantitative estimate of drug-likeness (QED) is 0.647. The molecule has 0 bridgehead atoms. The Morgan fingerprint density at radius 2 is 1.97 bits per heavy atom. The zero-order valence-electron chi connectivity index (χ0n) is 16.6. The highest BCUT2D eigenvalue weighted by Crippen LogP contribution is 2.45. The number of aliphatic hydroxyl groups is 1. The number of alkyl halides is 4. The van der Waals surface area contributed by atoms with Crippen molar-refractivity contribution in [2.75, 3.05) is 6.54 Å². The van der Waals surface area contributed by atoms with Crippen LogP contribution in [0.25, 0.3) is 0 Å². The SMILES string of the molecule is CCN(C(=O)O)C1=N[C@@H]2[C@@H](F)[C@H](OCc3ccccc3)[C@@H](C(C)(O)C(F)(F)F)O[C@@H]2S1. The van der Waals surface area contributed by atoms with E-state index in [9.17, 15) is 28.2 Å². The first-order valence-electron chi connectivity index (χ1n) is 9.46. The molecular weight excluding hydrogens is 444 g/mol. The molecule has 1 saturated heterocycles. The third-order valence-electron chi connectivity index (χ3n) is 5.17. The van der Waals surface area contributed by atoms with Gasteiger partial charge in [-0.15, -0.1) is 0 Å². The molecule has 12 heteroatoms. The van der Waals surface area contributed by atoms with Crippen molar-refractivity contribution in [1.29, 1.82) is 0 Å². The summed E-state index contributed by atoms with van der Waals surface area (Å²) in [5.74, 6) is 0. The van der Waals surface area contributed by atoms with Gasteiger partial charge in [0.2, 0.25) is 0 Å². The molecule has 1 unspecified atom stereocenters. The van der Waals surface area contributed by atoms with E-state index in [1.54, 1.807) is 30.3 Å². The van der Waals surface area contributed by atoms with E-state index in [4.69, 9.17) is 9.47 Å². The normalized spacial score (nSPS) is 30.3. The maximum atomic E-state index is 15.4. The number of amides is 1. The fourth-order valence-corrected chi connectivity index (χ4v) is 4.60. The number of ether oxygens (including phenoxy) is 2. The molecule has 6 atom stereocenters. The predicted octanol–water partition coefficient (Wildman–Crippen LogP) is 3.42. The molecule has 1 aromatic rings. The van der Waals surface area contributed by atoms with E-state index in [-0.39, 0.29) is 18.3 Å². The van der Waals surface area contributed by atoms with Gasteiger partial charge in [-0.05, 0) is 19.4 Å². The fraction of sp³-hybridized carbons (Fsp3) is 0.579. The molecule has 1 fully saturated rings. The molecule has 7 nitrogen and oxygen atoms in total. The zero-order chi connectivity index (χ0) is 23.0. The van der Waals surface area contributed by atoms with E-state index in [0.717, 1.165) is 4.90 Å². The van der Waals surface area contributed by atoms with Crippen molar-refractivity contribution in [3.8, 4) is 0 Å². The molecule has 2 aliphatic heterocycles. The van der Waals surface area contributed by atoms with E-state index >= 15 is 4.39 Å². The standard InChI is InChI=1S/C19H22F4N2O5S/c1-3-25(17(26)27)16-24-12-11(20)13(29-9-10-7-5-4-6-8-10)14(30-15(12)31-16)18(2,28)19(21,22)23/h4-8,11-15,28H,3,9H2,1-2H3,(H,26,27)/t11-,12-,13+,14+,15-,18?/m1/s1. The Morgan fingerprint density at radius 3 is 2.52 bits per heavy atom. The van der Waals surface area contributed by atoms with Gasteiger partial charge in [0, 0.05) is 6.54 Å². The molecule has 2 heterocycles. The summed E-state index contributed by atoms with van der Waals surface area (Å²) in [7, 11) is 0.